The Labute approximate surface area is 201 Å². The number of nitrogens with one attached hydrogen (secondary N) is 1. The molecule has 0 bridgehead atoms. The lowest BCUT2D eigenvalue weighted by molar-refractivity contribution is -0.138. The molecular formula is C26H26F3N3O3. The van der Waals surface area contributed by atoms with Gasteiger partial charge in [-0.3, -0.25) is 24.6 Å². The number of hydrogen-bond acceptors (Lipinski definition) is 4. The van der Waals surface area contributed by atoms with E-state index in [2.05, 4.69) is 10.2 Å². The molecule has 6 nitrogen and oxygen atoms in total. The summed E-state index contributed by atoms with van der Waals surface area (Å²) in [5.74, 6) is -0.822. The van der Waals surface area contributed by atoms with Gasteiger partial charge in [-0.1, -0.05) is 30.3 Å². The number of amides is 3. The number of fused-ring (bicyclic) bond motifs is 1. The summed E-state index contributed by atoms with van der Waals surface area (Å²) in [7, 11) is 0. The number of rotatable bonds is 4. The first-order chi connectivity index (χ1) is 16.7. The highest BCUT2D eigenvalue weighted by Crippen LogP contribution is 2.35. The van der Waals surface area contributed by atoms with Crippen LogP contribution < -0.4 is 5.32 Å². The van der Waals surface area contributed by atoms with Crippen molar-refractivity contribution in [3.8, 4) is 0 Å². The molecule has 2 aromatic carbocycles. The summed E-state index contributed by atoms with van der Waals surface area (Å²) >= 11 is 0. The fraction of sp³-hybridized carbons (Fsp3) is 0.423. The zero-order valence-corrected chi connectivity index (χ0v) is 19.1. The number of likely N-dealkylation sites (tertiary alicyclic amines) is 1. The molecule has 2 aromatic rings. The van der Waals surface area contributed by atoms with Gasteiger partial charge in [0.1, 0.15) is 6.04 Å². The highest BCUT2D eigenvalue weighted by molar-refractivity contribution is 6.05. The van der Waals surface area contributed by atoms with E-state index in [1.54, 1.807) is 12.1 Å². The monoisotopic (exact) mass is 485 g/mol. The smallest absolute Gasteiger partial charge is 0.322 e. The first kappa shape index (κ1) is 23.5. The Kier molecular flexibility index (Phi) is 6.13. The number of benzene rings is 2. The lowest BCUT2D eigenvalue weighted by atomic mass is 9.88. The fourth-order valence-corrected chi connectivity index (χ4v) is 5.38. The molecule has 1 unspecified atom stereocenters. The Bertz CT molecular complexity index is 1170. The second kappa shape index (κ2) is 9.11. The Morgan fingerprint density at radius 1 is 0.971 bits per heavy atom. The third-order valence-electron chi connectivity index (χ3n) is 7.27. The van der Waals surface area contributed by atoms with Gasteiger partial charge in [0.2, 0.25) is 11.8 Å². The van der Waals surface area contributed by atoms with Crippen molar-refractivity contribution in [2.75, 3.05) is 13.1 Å². The highest BCUT2D eigenvalue weighted by atomic mass is 19.4. The van der Waals surface area contributed by atoms with Crippen LogP contribution in [0.5, 0.6) is 0 Å². The van der Waals surface area contributed by atoms with Crippen LogP contribution in [0, 0.1) is 0 Å². The number of imide groups is 1. The first-order valence-electron chi connectivity index (χ1n) is 11.8. The van der Waals surface area contributed by atoms with Crippen LogP contribution in [0.4, 0.5) is 13.2 Å². The van der Waals surface area contributed by atoms with Crippen LogP contribution in [0.15, 0.2) is 42.5 Å². The first-order valence-corrected chi connectivity index (χ1v) is 11.8. The molecule has 5 rings (SSSR count). The lowest BCUT2D eigenvalue weighted by Crippen LogP contribution is -2.52. The van der Waals surface area contributed by atoms with E-state index < -0.39 is 23.7 Å². The summed E-state index contributed by atoms with van der Waals surface area (Å²) in [5, 5.41) is 2.31. The average Bonchev–Trinajstić information content (AvgIpc) is 3.14. The average molecular weight is 486 g/mol. The van der Waals surface area contributed by atoms with Crippen LogP contribution in [0.25, 0.3) is 0 Å². The van der Waals surface area contributed by atoms with Crippen LogP contribution in [-0.2, 0) is 28.9 Å². The fourth-order valence-electron chi connectivity index (χ4n) is 5.38. The van der Waals surface area contributed by atoms with Gasteiger partial charge in [-0.15, -0.1) is 0 Å². The van der Waals surface area contributed by atoms with Crippen LogP contribution in [-0.4, -0.2) is 46.7 Å². The Morgan fingerprint density at radius 2 is 1.74 bits per heavy atom. The van der Waals surface area contributed by atoms with Gasteiger partial charge in [-0.05, 0) is 67.1 Å². The molecule has 3 heterocycles. The van der Waals surface area contributed by atoms with Crippen LogP contribution in [0.1, 0.15) is 64.2 Å². The number of carbonyl (C=O) groups is 3. The summed E-state index contributed by atoms with van der Waals surface area (Å²) in [6.45, 7) is 2.58. The van der Waals surface area contributed by atoms with Gasteiger partial charge >= 0.3 is 6.18 Å². The number of piperidine rings is 2. The van der Waals surface area contributed by atoms with Crippen molar-refractivity contribution in [2.45, 2.75) is 56.9 Å². The minimum atomic E-state index is -4.33. The van der Waals surface area contributed by atoms with Crippen molar-refractivity contribution < 1.29 is 27.6 Å². The predicted molar refractivity (Wildman–Crippen MR) is 121 cm³/mol. The highest BCUT2D eigenvalue weighted by Gasteiger charge is 2.39. The van der Waals surface area contributed by atoms with Gasteiger partial charge in [0, 0.05) is 25.1 Å². The molecule has 1 N–H and O–H groups in total. The SMILES string of the molecule is O=C1CCC(N2Cc3cc(CN4CCC(c5cccc(C(F)(F)F)c5)CC4)ccc3C2=O)C(=O)N1. The van der Waals surface area contributed by atoms with Crippen molar-refractivity contribution in [1.29, 1.82) is 0 Å². The molecule has 1 atom stereocenters. The Hall–Kier alpha value is -3.20. The van der Waals surface area contributed by atoms with Crippen LogP contribution in [0.3, 0.4) is 0 Å². The standard InChI is InChI=1S/C26H26F3N3O3/c27-26(28,29)20-3-1-2-18(13-20)17-8-10-31(11-9-17)14-16-4-5-21-19(12-16)15-32(25(21)35)22-6-7-23(33)30-24(22)34/h1-5,12-13,17,22H,6-11,14-15H2,(H,30,33,34). The van der Waals surface area contributed by atoms with E-state index in [1.807, 2.05) is 12.1 Å². The topological polar surface area (TPSA) is 69.7 Å². The number of carbonyl (C=O) groups excluding carboxylic acids is 3. The number of halogens is 3. The summed E-state index contributed by atoms with van der Waals surface area (Å²) in [6, 6.07) is 10.7. The Morgan fingerprint density at radius 3 is 2.46 bits per heavy atom. The van der Waals surface area contributed by atoms with Gasteiger partial charge in [-0.25, -0.2) is 0 Å². The van der Waals surface area contributed by atoms with Crippen LogP contribution in [0.2, 0.25) is 0 Å². The second-order valence-electron chi connectivity index (χ2n) is 9.57. The lowest BCUT2D eigenvalue weighted by Gasteiger charge is -2.32. The number of nitrogens with zero attached hydrogens (tertiary/aromatic N) is 2. The number of alkyl halides is 3. The van der Waals surface area contributed by atoms with Gasteiger partial charge in [0.05, 0.1) is 5.56 Å². The molecule has 0 radical (unpaired) electrons. The molecule has 184 valence electrons. The van der Waals surface area contributed by atoms with E-state index in [0.717, 1.165) is 48.7 Å². The molecular weight excluding hydrogens is 459 g/mol. The van der Waals surface area contributed by atoms with Crippen molar-refractivity contribution in [1.82, 2.24) is 15.1 Å². The molecule has 0 aliphatic carbocycles. The second-order valence-corrected chi connectivity index (χ2v) is 9.57. The van der Waals surface area contributed by atoms with E-state index in [1.165, 1.54) is 17.0 Å². The van der Waals surface area contributed by atoms with E-state index in [-0.39, 0.29) is 24.2 Å². The molecule has 0 spiro atoms. The van der Waals surface area contributed by atoms with E-state index in [4.69, 9.17) is 0 Å². The van der Waals surface area contributed by atoms with Crippen molar-refractivity contribution >= 4 is 17.7 Å². The molecule has 2 saturated heterocycles. The maximum Gasteiger partial charge on any atom is 0.416 e. The third-order valence-corrected chi connectivity index (χ3v) is 7.27. The normalized spacial score (nSPS) is 21.9. The van der Waals surface area contributed by atoms with Gasteiger partial charge in [0.15, 0.2) is 0 Å². The largest absolute Gasteiger partial charge is 0.416 e. The molecule has 3 aliphatic rings. The third kappa shape index (κ3) is 4.82. The van der Waals surface area contributed by atoms with E-state index in [9.17, 15) is 27.6 Å². The molecule has 0 saturated carbocycles. The molecule has 3 aliphatic heterocycles. The van der Waals surface area contributed by atoms with Crippen molar-refractivity contribution in [3.63, 3.8) is 0 Å². The predicted octanol–water partition coefficient (Wildman–Crippen LogP) is 3.85. The van der Waals surface area contributed by atoms with Crippen molar-refractivity contribution in [2.24, 2.45) is 0 Å². The van der Waals surface area contributed by atoms with Gasteiger partial charge in [-0.2, -0.15) is 13.2 Å². The summed E-state index contributed by atoms with van der Waals surface area (Å²) in [4.78, 5) is 40.3. The molecule has 9 heteroatoms. The summed E-state index contributed by atoms with van der Waals surface area (Å²) in [5.41, 5.74) is 2.65. The zero-order valence-electron chi connectivity index (χ0n) is 19.1. The minimum absolute atomic E-state index is 0.105. The summed E-state index contributed by atoms with van der Waals surface area (Å²) in [6.07, 6.45) is -2.21. The maximum absolute atomic E-state index is 13.1. The van der Waals surface area contributed by atoms with Gasteiger partial charge < -0.3 is 4.90 Å². The summed E-state index contributed by atoms with van der Waals surface area (Å²) < 4.78 is 39.2. The van der Waals surface area contributed by atoms with E-state index in [0.29, 0.717) is 25.1 Å². The quantitative estimate of drug-likeness (QED) is 0.669. The van der Waals surface area contributed by atoms with Gasteiger partial charge in [0.25, 0.3) is 5.91 Å². The van der Waals surface area contributed by atoms with Crippen LogP contribution >= 0.6 is 0 Å². The maximum atomic E-state index is 13.1. The molecule has 0 aromatic heterocycles. The molecule has 3 amide bonds. The Balaban J connectivity index is 1.20. The van der Waals surface area contributed by atoms with E-state index >= 15 is 0 Å². The molecule has 35 heavy (non-hydrogen) atoms. The number of hydrogen-bond donors (Lipinski definition) is 1. The molecule has 2 fully saturated rings. The van der Waals surface area contributed by atoms with Crippen molar-refractivity contribution in [3.05, 3.63) is 70.3 Å². The minimum Gasteiger partial charge on any atom is -0.322 e. The zero-order chi connectivity index (χ0) is 24.7.